The van der Waals surface area contributed by atoms with E-state index < -0.39 is 5.97 Å². The van der Waals surface area contributed by atoms with Crippen molar-refractivity contribution in [3.05, 3.63) is 12.2 Å². The van der Waals surface area contributed by atoms with E-state index in [0.29, 0.717) is 13.0 Å². The van der Waals surface area contributed by atoms with E-state index in [4.69, 9.17) is 5.11 Å². The SMILES string of the molecule is CC(CCC(=O)O)CNC(=O)C1CC=CC1. The van der Waals surface area contributed by atoms with E-state index in [1.165, 1.54) is 0 Å². The summed E-state index contributed by atoms with van der Waals surface area (Å²) in [6.45, 7) is 2.53. The number of rotatable bonds is 6. The number of hydrogen-bond donors (Lipinski definition) is 2. The van der Waals surface area contributed by atoms with Crippen LogP contribution in [0.2, 0.25) is 0 Å². The fraction of sp³-hybridized carbons (Fsp3) is 0.667. The number of nitrogens with one attached hydrogen (secondary N) is 1. The molecule has 0 bridgehead atoms. The highest BCUT2D eigenvalue weighted by Gasteiger charge is 2.19. The average Bonchev–Trinajstić information content (AvgIpc) is 2.76. The Morgan fingerprint density at radius 3 is 2.62 bits per heavy atom. The molecule has 4 heteroatoms. The zero-order chi connectivity index (χ0) is 12.0. The fourth-order valence-corrected chi connectivity index (χ4v) is 1.72. The number of carbonyl (C=O) groups is 2. The molecule has 0 heterocycles. The highest BCUT2D eigenvalue weighted by Crippen LogP contribution is 2.17. The van der Waals surface area contributed by atoms with Gasteiger partial charge in [0.2, 0.25) is 5.91 Å². The van der Waals surface area contributed by atoms with Crippen molar-refractivity contribution in [2.45, 2.75) is 32.6 Å². The number of aliphatic carboxylic acids is 1. The van der Waals surface area contributed by atoms with Crippen molar-refractivity contribution in [3.63, 3.8) is 0 Å². The zero-order valence-corrected chi connectivity index (χ0v) is 9.61. The second kappa shape index (κ2) is 6.30. The molecule has 0 aromatic heterocycles. The molecule has 0 aliphatic heterocycles. The van der Waals surface area contributed by atoms with Gasteiger partial charge in [0.15, 0.2) is 0 Å². The Kier molecular flexibility index (Phi) is 5.02. The van der Waals surface area contributed by atoms with Gasteiger partial charge in [-0.25, -0.2) is 0 Å². The lowest BCUT2D eigenvalue weighted by atomic mass is 10.0. The van der Waals surface area contributed by atoms with Crippen molar-refractivity contribution in [2.24, 2.45) is 11.8 Å². The van der Waals surface area contributed by atoms with Gasteiger partial charge in [-0.2, -0.15) is 0 Å². The van der Waals surface area contributed by atoms with Crippen LogP contribution in [0, 0.1) is 11.8 Å². The minimum atomic E-state index is -0.779. The first kappa shape index (κ1) is 12.7. The van der Waals surface area contributed by atoms with Gasteiger partial charge in [-0.15, -0.1) is 0 Å². The lowest BCUT2D eigenvalue weighted by molar-refractivity contribution is -0.137. The second-order valence-electron chi connectivity index (χ2n) is 4.42. The van der Waals surface area contributed by atoms with E-state index >= 15 is 0 Å². The van der Waals surface area contributed by atoms with Gasteiger partial charge in [-0.3, -0.25) is 9.59 Å². The molecule has 90 valence electrons. The monoisotopic (exact) mass is 225 g/mol. The zero-order valence-electron chi connectivity index (χ0n) is 9.61. The molecule has 1 atom stereocenters. The normalized spacial score (nSPS) is 17.3. The van der Waals surface area contributed by atoms with Gasteiger partial charge in [0.1, 0.15) is 0 Å². The van der Waals surface area contributed by atoms with Gasteiger partial charge >= 0.3 is 5.97 Å². The van der Waals surface area contributed by atoms with Crippen LogP contribution in [0.3, 0.4) is 0 Å². The van der Waals surface area contributed by atoms with E-state index in [1.54, 1.807) is 0 Å². The topological polar surface area (TPSA) is 66.4 Å². The van der Waals surface area contributed by atoms with Gasteiger partial charge in [-0.1, -0.05) is 19.1 Å². The molecule has 4 nitrogen and oxygen atoms in total. The summed E-state index contributed by atoms with van der Waals surface area (Å²) in [5.41, 5.74) is 0. The van der Waals surface area contributed by atoms with Crippen LogP contribution in [0.5, 0.6) is 0 Å². The van der Waals surface area contributed by atoms with Crippen LogP contribution in [0.4, 0.5) is 0 Å². The van der Waals surface area contributed by atoms with Crippen molar-refractivity contribution in [1.82, 2.24) is 5.32 Å². The minimum absolute atomic E-state index is 0.0895. The van der Waals surface area contributed by atoms with Gasteiger partial charge in [0.05, 0.1) is 0 Å². The van der Waals surface area contributed by atoms with Gasteiger partial charge in [0.25, 0.3) is 0 Å². The molecule has 2 N–H and O–H groups in total. The number of hydrogen-bond acceptors (Lipinski definition) is 2. The van der Waals surface area contributed by atoms with E-state index in [1.807, 2.05) is 19.1 Å². The molecule has 16 heavy (non-hydrogen) atoms. The highest BCUT2D eigenvalue weighted by molar-refractivity contribution is 5.79. The Morgan fingerprint density at radius 2 is 2.06 bits per heavy atom. The standard InChI is InChI=1S/C12H19NO3/c1-9(6-7-11(14)15)8-13-12(16)10-4-2-3-5-10/h2-3,9-10H,4-8H2,1H3,(H,13,16)(H,14,15). The summed E-state index contributed by atoms with van der Waals surface area (Å²) in [6.07, 6.45) is 6.49. The third-order valence-electron chi connectivity index (χ3n) is 2.85. The smallest absolute Gasteiger partial charge is 0.303 e. The van der Waals surface area contributed by atoms with Crippen LogP contribution in [-0.4, -0.2) is 23.5 Å². The molecule has 1 aliphatic carbocycles. The van der Waals surface area contributed by atoms with Gasteiger partial charge in [-0.05, 0) is 25.2 Å². The molecule has 0 aromatic rings. The summed E-state index contributed by atoms with van der Waals surface area (Å²) in [7, 11) is 0. The van der Waals surface area contributed by atoms with Gasteiger partial charge < -0.3 is 10.4 Å². The summed E-state index contributed by atoms with van der Waals surface area (Å²) >= 11 is 0. The molecule has 1 amide bonds. The summed E-state index contributed by atoms with van der Waals surface area (Å²) in [4.78, 5) is 22.0. The molecule has 0 saturated heterocycles. The van der Waals surface area contributed by atoms with Crippen molar-refractivity contribution in [2.75, 3.05) is 6.54 Å². The molecule has 0 spiro atoms. The number of amides is 1. The van der Waals surface area contributed by atoms with E-state index in [0.717, 1.165) is 12.8 Å². The van der Waals surface area contributed by atoms with Crippen LogP contribution in [-0.2, 0) is 9.59 Å². The minimum Gasteiger partial charge on any atom is -0.481 e. The van der Waals surface area contributed by atoms with Crippen LogP contribution < -0.4 is 5.32 Å². The molecule has 0 saturated carbocycles. The van der Waals surface area contributed by atoms with Crippen LogP contribution in [0.25, 0.3) is 0 Å². The van der Waals surface area contributed by atoms with Crippen molar-refractivity contribution >= 4 is 11.9 Å². The fourth-order valence-electron chi connectivity index (χ4n) is 1.72. The Balaban J connectivity index is 2.13. The first-order chi connectivity index (χ1) is 7.59. The van der Waals surface area contributed by atoms with Crippen LogP contribution in [0.1, 0.15) is 32.6 Å². The highest BCUT2D eigenvalue weighted by atomic mass is 16.4. The third-order valence-corrected chi connectivity index (χ3v) is 2.85. The molecule has 0 radical (unpaired) electrons. The van der Waals surface area contributed by atoms with Crippen molar-refractivity contribution < 1.29 is 14.7 Å². The molecular formula is C12H19NO3. The van der Waals surface area contributed by atoms with E-state index in [9.17, 15) is 9.59 Å². The number of carbonyl (C=O) groups excluding carboxylic acids is 1. The molecular weight excluding hydrogens is 206 g/mol. The Morgan fingerprint density at radius 1 is 1.44 bits per heavy atom. The quantitative estimate of drug-likeness (QED) is 0.674. The molecule has 1 aliphatic rings. The van der Waals surface area contributed by atoms with Crippen molar-refractivity contribution in [1.29, 1.82) is 0 Å². The predicted molar refractivity (Wildman–Crippen MR) is 60.9 cm³/mol. The molecule has 1 unspecified atom stereocenters. The summed E-state index contributed by atoms with van der Waals surface area (Å²) in [6, 6.07) is 0. The van der Waals surface area contributed by atoms with E-state index in [-0.39, 0.29) is 24.2 Å². The number of allylic oxidation sites excluding steroid dienone is 2. The van der Waals surface area contributed by atoms with Crippen molar-refractivity contribution in [3.8, 4) is 0 Å². The van der Waals surface area contributed by atoms with Gasteiger partial charge in [0, 0.05) is 18.9 Å². The average molecular weight is 225 g/mol. The first-order valence-electron chi connectivity index (χ1n) is 5.74. The largest absolute Gasteiger partial charge is 0.481 e. The Hall–Kier alpha value is -1.32. The maximum atomic E-state index is 11.6. The molecule has 1 rings (SSSR count). The first-order valence-corrected chi connectivity index (χ1v) is 5.74. The summed E-state index contributed by atoms with van der Waals surface area (Å²) in [5.74, 6) is -0.383. The summed E-state index contributed by atoms with van der Waals surface area (Å²) in [5, 5.41) is 11.4. The second-order valence-corrected chi connectivity index (χ2v) is 4.42. The maximum absolute atomic E-state index is 11.6. The lowest BCUT2D eigenvalue weighted by Gasteiger charge is -2.14. The Bertz CT molecular complexity index is 278. The number of carboxylic acids is 1. The maximum Gasteiger partial charge on any atom is 0.303 e. The molecule has 0 fully saturated rings. The van der Waals surface area contributed by atoms with Crippen LogP contribution in [0.15, 0.2) is 12.2 Å². The van der Waals surface area contributed by atoms with Crippen LogP contribution >= 0.6 is 0 Å². The molecule has 0 aromatic carbocycles. The van der Waals surface area contributed by atoms with E-state index in [2.05, 4.69) is 5.32 Å². The third kappa shape index (κ3) is 4.47. The Labute approximate surface area is 95.7 Å². The summed E-state index contributed by atoms with van der Waals surface area (Å²) < 4.78 is 0. The number of carboxylic acid groups (broad SMARTS) is 1. The predicted octanol–water partition coefficient (Wildman–Crippen LogP) is 1.57. The lowest BCUT2D eigenvalue weighted by Crippen LogP contribution is -2.33.